The Bertz CT molecular complexity index is 734. The number of rotatable bonds is 8. The topological polar surface area (TPSA) is 110 Å². The molecule has 0 saturated carbocycles. The van der Waals surface area contributed by atoms with Crippen LogP contribution in [0.5, 0.6) is 0 Å². The van der Waals surface area contributed by atoms with Crippen molar-refractivity contribution in [1.29, 1.82) is 0 Å². The number of nitrogens with zero attached hydrogens (tertiary/aromatic N) is 4. The van der Waals surface area contributed by atoms with Crippen molar-refractivity contribution in [3.8, 4) is 0 Å². The number of aromatic nitrogens is 4. The molecule has 2 heterocycles. The molecule has 0 bridgehead atoms. The molecule has 2 aromatic heterocycles. The van der Waals surface area contributed by atoms with Crippen molar-refractivity contribution in [2.45, 2.75) is 52.4 Å². The minimum absolute atomic E-state index is 0.153. The number of hydrogen-bond donors (Lipinski definition) is 2. The van der Waals surface area contributed by atoms with Gasteiger partial charge in [-0.15, -0.1) is 0 Å². The minimum Gasteiger partial charge on any atom is -0.481 e. The minimum atomic E-state index is -0.774. The molecule has 0 aromatic carbocycles. The van der Waals surface area contributed by atoms with Crippen molar-refractivity contribution < 1.29 is 19.8 Å². The maximum absolute atomic E-state index is 10.3. The maximum atomic E-state index is 10.3. The van der Waals surface area contributed by atoms with E-state index in [0.717, 1.165) is 35.6 Å². The zero-order valence-corrected chi connectivity index (χ0v) is 15.9. The Morgan fingerprint density at radius 1 is 0.846 bits per heavy atom. The van der Waals surface area contributed by atoms with Crippen molar-refractivity contribution in [2.24, 2.45) is 14.1 Å². The van der Waals surface area contributed by atoms with Gasteiger partial charge in [0, 0.05) is 31.9 Å². The third-order valence-corrected chi connectivity index (χ3v) is 3.97. The van der Waals surface area contributed by atoms with Crippen LogP contribution in [0.3, 0.4) is 0 Å². The highest BCUT2D eigenvalue weighted by Crippen LogP contribution is 2.07. The Morgan fingerprint density at radius 2 is 1.35 bits per heavy atom. The summed E-state index contributed by atoms with van der Waals surface area (Å²) in [6.07, 6.45) is 3.21. The molecule has 2 aromatic rings. The number of carboxylic acids is 2. The first-order chi connectivity index (χ1) is 12.3. The zero-order chi connectivity index (χ0) is 19.7. The highest BCUT2D eigenvalue weighted by molar-refractivity contribution is 5.67. The van der Waals surface area contributed by atoms with E-state index in [-0.39, 0.29) is 12.8 Å². The van der Waals surface area contributed by atoms with Gasteiger partial charge in [0.15, 0.2) is 0 Å². The maximum Gasteiger partial charge on any atom is 0.303 e. The smallest absolute Gasteiger partial charge is 0.303 e. The van der Waals surface area contributed by atoms with Gasteiger partial charge in [0.2, 0.25) is 0 Å². The number of carboxylic acid groups (broad SMARTS) is 2. The summed E-state index contributed by atoms with van der Waals surface area (Å²) in [7, 11) is 3.72. The van der Waals surface area contributed by atoms with Crippen molar-refractivity contribution in [3.63, 3.8) is 0 Å². The van der Waals surface area contributed by atoms with E-state index in [0.29, 0.717) is 12.8 Å². The number of aryl methyl sites for hydroxylation is 6. The van der Waals surface area contributed by atoms with Crippen LogP contribution >= 0.6 is 0 Å². The van der Waals surface area contributed by atoms with Crippen LogP contribution in [-0.4, -0.2) is 41.7 Å². The summed E-state index contributed by atoms with van der Waals surface area (Å²) in [5, 5.41) is 25.4. The van der Waals surface area contributed by atoms with Crippen LogP contribution in [0, 0.1) is 0 Å². The summed E-state index contributed by atoms with van der Waals surface area (Å²) < 4.78 is 3.55. The molecule has 0 amide bonds. The van der Waals surface area contributed by atoms with Crippen molar-refractivity contribution >= 4 is 11.9 Å². The molecule has 26 heavy (non-hydrogen) atoms. The van der Waals surface area contributed by atoms with E-state index >= 15 is 0 Å². The second-order valence-corrected chi connectivity index (χ2v) is 6.00. The van der Waals surface area contributed by atoms with Gasteiger partial charge < -0.3 is 10.2 Å². The lowest BCUT2D eigenvalue weighted by molar-refractivity contribution is -0.138. The van der Waals surface area contributed by atoms with Crippen LogP contribution in [-0.2, 0) is 49.4 Å². The normalized spacial score (nSPS) is 10.3. The molecular weight excluding hydrogens is 336 g/mol. The third kappa shape index (κ3) is 7.08. The first-order valence-electron chi connectivity index (χ1n) is 8.73. The van der Waals surface area contributed by atoms with Crippen LogP contribution in [0.15, 0.2) is 12.1 Å². The Balaban J connectivity index is 0.000000260. The van der Waals surface area contributed by atoms with Gasteiger partial charge in [-0.3, -0.25) is 19.0 Å². The van der Waals surface area contributed by atoms with Gasteiger partial charge >= 0.3 is 11.9 Å². The van der Waals surface area contributed by atoms with E-state index in [9.17, 15) is 9.59 Å². The number of carbonyl (C=O) groups is 2. The fraction of sp³-hybridized carbons (Fsp3) is 0.556. The SMILES string of the molecule is CCc1cc(CCC(=O)O)n(C)n1.CCc1cc(CCC(=O)O)nn1C. The van der Waals surface area contributed by atoms with Gasteiger partial charge in [0.1, 0.15) is 0 Å². The molecule has 2 N–H and O–H groups in total. The summed E-state index contributed by atoms with van der Waals surface area (Å²) in [5.74, 6) is -1.54. The zero-order valence-electron chi connectivity index (χ0n) is 15.9. The fourth-order valence-corrected chi connectivity index (χ4v) is 2.47. The van der Waals surface area contributed by atoms with Crippen LogP contribution in [0.25, 0.3) is 0 Å². The van der Waals surface area contributed by atoms with E-state index in [1.165, 1.54) is 0 Å². The lowest BCUT2D eigenvalue weighted by Gasteiger charge is -1.97. The van der Waals surface area contributed by atoms with E-state index in [2.05, 4.69) is 17.1 Å². The van der Waals surface area contributed by atoms with Gasteiger partial charge in [-0.25, -0.2) is 0 Å². The number of aliphatic carboxylic acids is 2. The molecule has 0 aliphatic rings. The van der Waals surface area contributed by atoms with Gasteiger partial charge in [-0.05, 0) is 31.4 Å². The molecule has 0 fully saturated rings. The van der Waals surface area contributed by atoms with Gasteiger partial charge in [-0.2, -0.15) is 10.2 Å². The van der Waals surface area contributed by atoms with Crippen LogP contribution in [0.1, 0.15) is 49.5 Å². The monoisotopic (exact) mass is 364 g/mol. The van der Waals surface area contributed by atoms with Gasteiger partial charge in [-0.1, -0.05) is 13.8 Å². The molecule has 8 heteroatoms. The molecule has 2 rings (SSSR count). The van der Waals surface area contributed by atoms with Gasteiger partial charge in [0.05, 0.1) is 24.2 Å². The van der Waals surface area contributed by atoms with Crippen LogP contribution in [0.4, 0.5) is 0 Å². The molecule has 0 atom stereocenters. The third-order valence-electron chi connectivity index (χ3n) is 3.97. The lowest BCUT2D eigenvalue weighted by atomic mass is 10.2. The van der Waals surface area contributed by atoms with Crippen molar-refractivity contribution in [3.05, 3.63) is 34.9 Å². The average molecular weight is 364 g/mol. The largest absolute Gasteiger partial charge is 0.481 e. The number of hydrogen-bond acceptors (Lipinski definition) is 4. The fourth-order valence-electron chi connectivity index (χ4n) is 2.47. The second kappa shape index (κ2) is 10.4. The quantitative estimate of drug-likeness (QED) is 0.741. The predicted molar refractivity (Wildman–Crippen MR) is 97.1 cm³/mol. The average Bonchev–Trinajstić information content (AvgIpc) is 3.13. The molecule has 144 valence electrons. The summed E-state index contributed by atoms with van der Waals surface area (Å²) in [4.78, 5) is 20.6. The molecule has 8 nitrogen and oxygen atoms in total. The van der Waals surface area contributed by atoms with E-state index < -0.39 is 11.9 Å². The van der Waals surface area contributed by atoms with E-state index in [1.54, 1.807) is 9.36 Å². The standard InChI is InChI=1S/2C9H14N2O2/c1-3-8-6-7(10-11(8)2)4-5-9(12)13;1-3-7-6-8(11(2)10-7)4-5-9(12)13/h2*6H,3-5H2,1-2H3,(H,12,13). The molecule has 0 unspecified atom stereocenters. The molecule has 0 aliphatic carbocycles. The summed E-state index contributed by atoms with van der Waals surface area (Å²) in [6, 6.07) is 3.92. The van der Waals surface area contributed by atoms with Crippen molar-refractivity contribution in [2.75, 3.05) is 0 Å². The van der Waals surface area contributed by atoms with E-state index in [4.69, 9.17) is 10.2 Å². The first-order valence-corrected chi connectivity index (χ1v) is 8.73. The first kappa shape index (κ1) is 21.4. The highest BCUT2D eigenvalue weighted by atomic mass is 16.4. The summed E-state index contributed by atoms with van der Waals surface area (Å²) >= 11 is 0. The molecular formula is C18H28N4O4. The van der Waals surface area contributed by atoms with E-state index in [1.807, 2.05) is 33.2 Å². The Morgan fingerprint density at radius 3 is 1.81 bits per heavy atom. The Kier molecular flexibility index (Phi) is 8.54. The molecule has 0 saturated heterocycles. The Hall–Kier alpha value is -2.64. The van der Waals surface area contributed by atoms with Crippen molar-refractivity contribution in [1.82, 2.24) is 19.6 Å². The highest BCUT2D eigenvalue weighted by Gasteiger charge is 2.06. The lowest BCUT2D eigenvalue weighted by Crippen LogP contribution is -2.02. The predicted octanol–water partition coefficient (Wildman–Crippen LogP) is 2.00. The molecule has 0 aliphatic heterocycles. The summed E-state index contributed by atoms with van der Waals surface area (Å²) in [6.45, 7) is 4.08. The van der Waals surface area contributed by atoms with Crippen LogP contribution in [0.2, 0.25) is 0 Å². The molecule has 0 spiro atoms. The Labute approximate surface area is 153 Å². The van der Waals surface area contributed by atoms with Crippen LogP contribution < -0.4 is 0 Å². The second-order valence-electron chi connectivity index (χ2n) is 6.00. The molecule has 0 radical (unpaired) electrons. The summed E-state index contributed by atoms with van der Waals surface area (Å²) in [5.41, 5.74) is 4.00. The van der Waals surface area contributed by atoms with Gasteiger partial charge in [0.25, 0.3) is 0 Å².